The van der Waals surface area contributed by atoms with Crippen molar-refractivity contribution in [2.24, 2.45) is 5.41 Å². The maximum Gasteiger partial charge on any atom is 0.411 e. The number of hydrogen-bond acceptors (Lipinski definition) is 4. The maximum atomic E-state index is 12.1. The predicted octanol–water partition coefficient (Wildman–Crippen LogP) is 4.34. The Hall–Kier alpha value is -0.860. The molecule has 0 fully saturated rings. The zero-order valence-electron chi connectivity index (χ0n) is 13.8. The van der Waals surface area contributed by atoms with Crippen molar-refractivity contribution in [2.45, 2.75) is 51.6 Å². The summed E-state index contributed by atoms with van der Waals surface area (Å²) >= 11 is 0.376. The van der Waals surface area contributed by atoms with Crippen molar-refractivity contribution < 1.29 is 27.2 Å². The molecule has 3 nitrogen and oxygen atoms in total. The van der Waals surface area contributed by atoms with Gasteiger partial charge < -0.3 is 14.0 Å². The lowest BCUT2D eigenvalue weighted by molar-refractivity contribution is -0.182. The molecule has 0 aliphatic carbocycles. The highest BCUT2D eigenvalue weighted by molar-refractivity contribution is 7.95. The summed E-state index contributed by atoms with van der Waals surface area (Å²) in [6.45, 7) is 5.70. The summed E-state index contributed by atoms with van der Waals surface area (Å²) in [5, 5.41) is 0. The molecule has 0 radical (unpaired) electrons. The van der Waals surface area contributed by atoms with E-state index in [1.54, 1.807) is 13.8 Å². The van der Waals surface area contributed by atoms with Crippen LogP contribution in [0.5, 0.6) is 0 Å². The molecule has 0 unspecified atom stereocenters. The standard InChI is InChI=1S/C16H23F3O3S/c1-5-7-9-15(23-20,10-8-6-2)22-12-14(3,4)11-21-13-16(17,18)19/h20H,5-6,11-13H2,1-4H3. The van der Waals surface area contributed by atoms with Gasteiger partial charge in [-0.3, -0.25) is 0 Å². The van der Waals surface area contributed by atoms with E-state index >= 15 is 0 Å². The van der Waals surface area contributed by atoms with E-state index in [1.807, 2.05) is 13.8 Å². The fourth-order valence-corrected chi connectivity index (χ4v) is 1.71. The molecule has 0 heterocycles. The lowest BCUT2D eigenvalue weighted by Gasteiger charge is -2.28. The van der Waals surface area contributed by atoms with Crippen LogP contribution >= 0.6 is 12.0 Å². The van der Waals surface area contributed by atoms with Gasteiger partial charge in [0.2, 0.25) is 0 Å². The fourth-order valence-electron chi connectivity index (χ4n) is 1.37. The fraction of sp³-hybridized carbons (Fsp3) is 0.750. The van der Waals surface area contributed by atoms with Gasteiger partial charge in [0.25, 0.3) is 4.93 Å². The highest BCUT2D eigenvalue weighted by Gasteiger charge is 2.33. The molecule has 0 aromatic carbocycles. The first-order chi connectivity index (χ1) is 10.6. The molecule has 23 heavy (non-hydrogen) atoms. The van der Waals surface area contributed by atoms with Crippen molar-refractivity contribution in [3.8, 4) is 23.7 Å². The smallest absolute Gasteiger partial charge is 0.371 e. The van der Waals surface area contributed by atoms with Gasteiger partial charge in [0.05, 0.1) is 25.3 Å². The summed E-state index contributed by atoms with van der Waals surface area (Å²) < 4.78 is 56.2. The van der Waals surface area contributed by atoms with Gasteiger partial charge in [-0.05, 0) is 11.8 Å². The number of ether oxygens (including phenoxy) is 2. The van der Waals surface area contributed by atoms with Crippen molar-refractivity contribution in [2.75, 3.05) is 19.8 Å². The molecule has 0 saturated heterocycles. The first-order valence-corrected chi connectivity index (χ1v) is 7.98. The molecule has 0 spiro atoms. The summed E-state index contributed by atoms with van der Waals surface area (Å²) in [5.74, 6) is 11.2. The Bertz CT molecular complexity index is 445. The maximum absolute atomic E-state index is 12.1. The molecule has 0 rings (SSSR count). The molecular weight excluding hydrogens is 329 g/mol. The van der Waals surface area contributed by atoms with E-state index in [2.05, 4.69) is 28.4 Å². The van der Waals surface area contributed by atoms with Gasteiger partial charge in [0.15, 0.2) is 0 Å². The van der Waals surface area contributed by atoms with Crippen LogP contribution in [-0.4, -0.2) is 35.5 Å². The minimum atomic E-state index is -4.36. The van der Waals surface area contributed by atoms with Gasteiger partial charge in [-0.2, -0.15) is 13.2 Å². The Labute approximate surface area is 140 Å². The Morgan fingerprint density at radius 1 is 0.957 bits per heavy atom. The molecule has 0 aliphatic heterocycles. The van der Waals surface area contributed by atoms with Crippen LogP contribution < -0.4 is 0 Å². The number of alkyl halides is 3. The molecule has 0 saturated carbocycles. The van der Waals surface area contributed by atoms with Gasteiger partial charge >= 0.3 is 6.18 Å². The third-order valence-electron chi connectivity index (χ3n) is 2.41. The molecule has 0 bridgehead atoms. The van der Waals surface area contributed by atoms with E-state index in [4.69, 9.17) is 4.74 Å². The van der Waals surface area contributed by atoms with E-state index in [9.17, 15) is 17.7 Å². The molecule has 0 aromatic heterocycles. The number of hydrogen-bond donors (Lipinski definition) is 1. The second kappa shape index (κ2) is 10.1. The molecule has 132 valence electrons. The highest BCUT2D eigenvalue weighted by Crippen LogP contribution is 2.27. The Kier molecular flexibility index (Phi) is 9.72. The lowest BCUT2D eigenvalue weighted by atomic mass is 9.96. The van der Waals surface area contributed by atoms with Crippen molar-refractivity contribution in [1.29, 1.82) is 0 Å². The highest BCUT2D eigenvalue weighted by atomic mass is 32.2. The molecule has 0 aliphatic rings. The van der Waals surface area contributed by atoms with E-state index in [0.717, 1.165) is 0 Å². The molecule has 0 aromatic rings. The van der Waals surface area contributed by atoms with Gasteiger partial charge in [-0.15, -0.1) is 0 Å². The Morgan fingerprint density at radius 3 is 1.87 bits per heavy atom. The van der Waals surface area contributed by atoms with E-state index < -0.39 is 23.1 Å². The summed E-state index contributed by atoms with van der Waals surface area (Å²) in [6, 6.07) is 0. The van der Waals surface area contributed by atoms with Gasteiger partial charge in [-0.1, -0.05) is 39.5 Å². The van der Waals surface area contributed by atoms with E-state index in [-0.39, 0.29) is 13.2 Å². The second-order valence-corrected chi connectivity index (χ2v) is 6.34. The van der Waals surface area contributed by atoms with Crippen molar-refractivity contribution in [3.05, 3.63) is 0 Å². The molecule has 0 amide bonds. The van der Waals surface area contributed by atoms with Crippen LogP contribution in [0.25, 0.3) is 0 Å². The number of halogens is 3. The van der Waals surface area contributed by atoms with Crippen molar-refractivity contribution >= 4 is 12.0 Å². The van der Waals surface area contributed by atoms with E-state index in [0.29, 0.717) is 24.9 Å². The van der Waals surface area contributed by atoms with Crippen LogP contribution in [0.1, 0.15) is 40.5 Å². The summed E-state index contributed by atoms with van der Waals surface area (Å²) in [6.07, 6.45) is -3.23. The summed E-state index contributed by atoms with van der Waals surface area (Å²) in [4.78, 5) is -1.40. The summed E-state index contributed by atoms with van der Waals surface area (Å²) in [5.41, 5.74) is -0.686. The molecule has 0 atom stereocenters. The third-order valence-corrected chi connectivity index (χ3v) is 2.99. The topological polar surface area (TPSA) is 38.7 Å². The van der Waals surface area contributed by atoms with Crippen LogP contribution in [0.2, 0.25) is 0 Å². The zero-order chi connectivity index (χ0) is 18.0. The molecular formula is C16H23F3O3S. The van der Waals surface area contributed by atoms with Gasteiger partial charge in [0.1, 0.15) is 6.61 Å². The zero-order valence-corrected chi connectivity index (χ0v) is 14.7. The largest absolute Gasteiger partial charge is 0.411 e. The monoisotopic (exact) mass is 352 g/mol. The van der Waals surface area contributed by atoms with Crippen LogP contribution in [0.3, 0.4) is 0 Å². The van der Waals surface area contributed by atoms with Gasteiger partial charge in [-0.25, -0.2) is 0 Å². The van der Waals surface area contributed by atoms with Crippen molar-refractivity contribution in [1.82, 2.24) is 0 Å². The lowest BCUT2D eigenvalue weighted by Crippen LogP contribution is -2.34. The molecule has 7 heteroatoms. The normalized spacial score (nSPS) is 12.2. The third kappa shape index (κ3) is 10.5. The minimum absolute atomic E-state index is 0.0369. The van der Waals surface area contributed by atoms with E-state index in [1.165, 1.54) is 0 Å². The predicted molar refractivity (Wildman–Crippen MR) is 85.7 cm³/mol. The summed E-state index contributed by atoms with van der Waals surface area (Å²) in [7, 11) is 0. The van der Waals surface area contributed by atoms with Crippen LogP contribution in [0, 0.1) is 29.1 Å². The van der Waals surface area contributed by atoms with Crippen molar-refractivity contribution in [3.63, 3.8) is 0 Å². The van der Waals surface area contributed by atoms with Crippen LogP contribution in [0.4, 0.5) is 13.2 Å². The first kappa shape index (κ1) is 22.1. The quantitative estimate of drug-likeness (QED) is 0.420. The van der Waals surface area contributed by atoms with Crippen LogP contribution in [0.15, 0.2) is 0 Å². The average Bonchev–Trinajstić information content (AvgIpc) is 2.45. The molecule has 1 N–H and O–H groups in total. The van der Waals surface area contributed by atoms with Crippen LogP contribution in [-0.2, 0) is 9.47 Å². The Morgan fingerprint density at radius 2 is 1.48 bits per heavy atom. The second-order valence-electron chi connectivity index (χ2n) is 5.58. The Balaban J connectivity index is 4.82. The minimum Gasteiger partial charge on any atom is -0.371 e. The SMILES string of the molecule is CCC#CC(C#CCC)(OCC(C)(C)COCC(F)(F)F)SO. The van der Waals surface area contributed by atoms with Gasteiger partial charge in [0, 0.05) is 18.3 Å². The first-order valence-electron chi connectivity index (χ1n) is 7.21. The average molecular weight is 352 g/mol. The number of rotatable bonds is 7.